The summed E-state index contributed by atoms with van der Waals surface area (Å²) in [6, 6.07) is 1.09. The highest BCUT2D eigenvalue weighted by atomic mass is 32.2. The standard InChI is InChI=1S/C11H22N2S/c1-5-6-9(4)12-11-13-10(7-14-11)8(2)3/h8-10H,5-7H2,1-4H3,(H,12,13)/t9?,10-/m1/s1. The van der Waals surface area contributed by atoms with E-state index in [2.05, 4.69) is 38.0 Å². The first kappa shape index (κ1) is 11.9. The smallest absolute Gasteiger partial charge is 0.157 e. The first-order valence-electron chi connectivity index (χ1n) is 5.60. The first-order valence-corrected chi connectivity index (χ1v) is 6.59. The van der Waals surface area contributed by atoms with Crippen molar-refractivity contribution in [1.29, 1.82) is 0 Å². The van der Waals surface area contributed by atoms with Crippen LogP contribution in [0, 0.1) is 5.92 Å². The van der Waals surface area contributed by atoms with Gasteiger partial charge in [-0.15, -0.1) is 0 Å². The van der Waals surface area contributed by atoms with Gasteiger partial charge >= 0.3 is 0 Å². The second kappa shape index (κ2) is 5.64. The Labute approximate surface area is 92.0 Å². The minimum Gasteiger partial charge on any atom is -0.362 e. The van der Waals surface area contributed by atoms with E-state index in [1.54, 1.807) is 0 Å². The Bertz CT molecular complexity index is 201. The van der Waals surface area contributed by atoms with Gasteiger partial charge in [-0.2, -0.15) is 0 Å². The normalized spacial score (nSPS) is 23.8. The van der Waals surface area contributed by atoms with Gasteiger partial charge in [-0.1, -0.05) is 39.0 Å². The van der Waals surface area contributed by atoms with E-state index in [0.29, 0.717) is 18.0 Å². The maximum Gasteiger partial charge on any atom is 0.157 e. The molecule has 14 heavy (non-hydrogen) atoms. The summed E-state index contributed by atoms with van der Waals surface area (Å²) in [5.74, 6) is 1.82. The van der Waals surface area contributed by atoms with Crippen molar-refractivity contribution in [2.75, 3.05) is 5.75 Å². The van der Waals surface area contributed by atoms with Crippen LogP contribution in [0.3, 0.4) is 0 Å². The van der Waals surface area contributed by atoms with Crippen LogP contribution in [0.1, 0.15) is 40.5 Å². The van der Waals surface area contributed by atoms with Gasteiger partial charge in [0.1, 0.15) is 0 Å². The van der Waals surface area contributed by atoms with Gasteiger partial charge in [0, 0.05) is 11.8 Å². The molecule has 0 aromatic rings. The van der Waals surface area contributed by atoms with Crippen LogP contribution < -0.4 is 5.32 Å². The minimum atomic E-state index is 0.524. The van der Waals surface area contributed by atoms with E-state index in [-0.39, 0.29) is 0 Å². The van der Waals surface area contributed by atoms with Crippen LogP contribution in [-0.2, 0) is 0 Å². The zero-order chi connectivity index (χ0) is 10.6. The summed E-state index contributed by atoms with van der Waals surface area (Å²) in [5, 5.41) is 4.63. The Kier molecular flexibility index (Phi) is 4.79. The summed E-state index contributed by atoms with van der Waals surface area (Å²) >= 11 is 1.87. The molecular weight excluding hydrogens is 192 g/mol. The predicted molar refractivity (Wildman–Crippen MR) is 66.0 cm³/mol. The summed E-state index contributed by atoms with van der Waals surface area (Å²) in [7, 11) is 0. The van der Waals surface area contributed by atoms with Crippen LogP contribution in [-0.4, -0.2) is 23.0 Å². The molecule has 0 saturated heterocycles. The molecule has 0 aliphatic carbocycles. The van der Waals surface area contributed by atoms with E-state index in [4.69, 9.17) is 0 Å². The lowest BCUT2D eigenvalue weighted by molar-refractivity contribution is 0.539. The molecule has 0 aromatic carbocycles. The number of nitrogens with zero attached hydrogens (tertiary/aromatic N) is 1. The van der Waals surface area contributed by atoms with Crippen LogP contribution >= 0.6 is 11.8 Å². The molecular formula is C11H22N2S. The molecule has 1 aliphatic heterocycles. The van der Waals surface area contributed by atoms with Crippen molar-refractivity contribution in [3.05, 3.63) is 0 Å². The molecule has 1 N–H and O–H groups in total. The van der Waals surface area contributed by atoms with E-state index in [9.17, 15) is 0 Å². The highest BCUT2D eigenvalue weighted by Crippen LogP contribution is 2.22. The number of hydrogen-bond acceptors (Lipinski definition) is 3. The van der Waals surface area contributed by atoms with Crippen LogP contribution in [0.5, 0.6) is 0 Å². The maximum absolute atomic E-state index is 4.68. The van der Waals surface area contributed by atoms with Gasteiger partial charge in [0.2, 0.25) is 0 Å². The van der Waals surface area contributed by atoms with Crippen molar-refractivity contribution < 1.29 is 0 Å². The fourth-order valence-corrected chi connectivity index (χ4v) is 2.81. The average molecular weight is 214 g/mol. The molecule has 2 nitrogen and oxygen atoms in total. The van der Waals surface area contributed by atoms with Gasteiger partial charge in [0.25, 0.3) is 0 Å². The van der Waals surface area contributed by atoms with Gasteiger partial charge in [0.15, 0.2) is 5.17 Å². The molecule has 0 aromatic heterocycles. The molecule has 3 heteroatoms. The number of hydrogen-bond donors (Lipinski definition) is 1. The Morgan fingerprint density at radius 3 is 2.71 bits per heavy atom. The van der Waals surface area contributed by atoms with Crippen LogP contribution in [0.25, 0.3) is 0 Å². The third-order valence-corrected chi connectivity index (χ3v) is 3.54. The van der Waals surface area contributed by atoms with Gasteiger partial charge in [-0.3, -0.25) is 4.99 Å². The van der Waals surface area contributed by atoms with Crippen molar-refractivity contribution in [2.24, 2.45) is 10.9 Å². The van der Waals surface area contributed by atoms with Crippen LogP contribution in [0.2, 0.25) is 0 Å². The summed E-state index contributed by atoms with van der Waals surface area (Å²) in [6.07, 6.45) is 2.46. The van der Waals surface area contributed by atoms with Gasteiger partial charge < -0.3 is 5.32 Å². The van der Waals surface area contributed by atoms with Crippen LogP contribution in [0.4, 0.5) is 0 Å². The number of amidine groups is 1. The maximum atomic E-state index is 4.68. The van der Waals surface area contributed by atoms with Crippen molar-refractivity contribution in [2.45, 2.75) is 52.6 Å². The van der Waals surface area contributed by atoms with E-state index >= 15 is 0 Å². The Morgan fingerprint density at radius 2 is 2.21 bits per heavy atom. The molecule has 1 heterocycles. The highest BCUT2D eigenvalue weighted by Gasteiger charge is 2.21. The van der Waals surface area contributed by atoms with Gasteiger partial charge in [0.05, 0.1) is 6.04 Å². The van der Waals surface area contributed by atoms with E-state index < -0.39 is 0 Å². The Balaban J connectivity index is 2.36. The Morgan fingerprint density at radius 1 is 1.50 bits per heavy atom. The molecule has 0 spiro atoms. The lowest BCUT2D eigenvalue weighted by Crippen LogP contribution is -2.29. The summed E-state index contributed by atoms with van der Waals surface area (Å²) < 4.78 is 0. The molecule has 0 bridgehead atoms. The summed E-state index contributed by atoms with van der Waals surface area (Å²) in [4.78, 5) is 4.68. The molecule has 0 fully saturated rings. The van der Waals surface area contributed by atoms with E-state index in [1.165, 1.54) is 12.8 Å². The van der Waals surface area contributed by atoms with Crippen molar-refractivity contribution in [1.82, 2.24) is 5.32 Å². The van der Waals surface area contributed by atoms with Crippen molar-refractivity contribution in [3.63, 3.8) is 0 Å². The third kappa shape index (κ3) is 3.52. The molecule has 82 valence electrons. The molecule has 0 amide bonds. The van der Waals surface area contributed by atoms with E-state index in [1.807, 2.05) is 11.8 Å². The second-order valence-corrected chi connectivity index (χ2v) is 5.40. The fraction of sp³-hybridized carbons (Fsp3) is 0.909. The number of nitrogens with one attached hydrogen (secondary N) is 1. The summed E-state index contributed by atoms with van der Waals surface area (Å²) in [5.41, 5.74) is 0. The van der Waals surface area contributed by atoms with E-state index in [0.717, 1.165) is 10.9 Å². The topological polar surface area (TPSA) is 24.4 Å². The first-order chi connectivity index (χ1) is 6.63. The molecule has 1 aliphatic rings. The largest absolute Gasteiger partial charge is 0.362 e. The zero-order valence-electron chi connectivity index (χ0n) is 9.71. The molecule has 0 radical (unpaired) electrons. The second-order valence-electron chi connectivity index (χ2n) is 4.39. The lowest BCUT2D eigenvalue weighted by Gasteiger charge is -2.12. The third-order valence-electron chi connectivity index (χ3n) is 2.53. The van der Waals surface area contributed by atoms with Crippen molar-refractivity contribution in [3.8, 4) is 0 Å². The number of aliphatic imine (C=N–C) groups is 1. The quantitative estimate of drug-likeness (QED) is 0.778. The van der Waals surface area contributed by atoms with Gasteiger partial charge in [-0.05, 0) is 19.3 Å². The highest BCUT2D eigenvalue weighted by molar-refractivity contribution is 8.14. The summed E-state index contributed by atoms with van der Waals surface area (Å²) in [6.45, 7) is 8.94. The molecule has 1 unspecified atom stereocenters. The molecule has 1 rings (SSSR count). The zero-order valence-corrected chi connectivity index (χ0v) is 10.5. The number of thioether (sulfide) groups is 1. The number of rotatable bonds is 4. The monoisotopic (exact) mass is 214 g/mol. The van der Waals surface area contributed by atoms with Gasteiger partial charge in [-0.25, -0.2) is 0 Å². The fourth-order valence-electron chi connectivity index (χ4n) is 1.53. The lowest BCUT2D eigenvalue weighted by atomic mass is 10.1. The molecule has 2 atom stereocenters. The van der Waals surface area contributed by atoms with Crippen LogP contribution in [0.15, 0.2) is 4.99 Å². The SMILES string of the molecule is CCCC(C)NC1=N[C@@H](C(C)C)CS1. The minimum absolute atomic E-state index is 0.524. The molecule has 0 saturated carbocycles. The average Bonchev–Trinajstić information content (AvgIpc) is 2.53. The predicted octanol–water partition coefficient (Wildman–Crippen LogP) is 2.89. The Hall–Kier alpha value is -0.180. The van der Waals surface area contributed by atoms with Crippen molar-refractivity contribution >= 4 is 16.9 Å².